The van der Waals surface area contributed by atoms with Crippen molar-refractivity contribution in [3.63, 3.8) is 0 Å². The van der Waals surface area contributed by atoms with E-state index in [9.17, 15) is 21.6 Å². The van der Waals surface area contributed by atoms with Crippen LogP contribution in [0.4, 0.5) is 24.5 Å². The molecule has 0 bridgehead atoms. The second-order valence-corrected chi connectivity index (χ2v) is 8.53. The van der Waals surface area contributed by atoms with Gasteiger partial charge in [0.25, 0.3) is 0 Å². The second kappa shape index (κ2) is 7.63. The highest BCUT2D eigenvalue weighted by atomic mass is 32.2. The second-order valence-electron chi connectivity index (χ2n) is 7.00. The van der Waals surface area contributed by atoms with Gasteiger partial charge < -0.3 is 10.2 Å². The maximum Gasteiger partial charge on any atom is 0.417 e. The maximum atomic E-state index is 13.3. The van der Waals surface area contributed by atoms with Crippen LogP contribution in [0.3, 0.4) is 0 Å². The van der Waals surface area contributed by atoms with Gasteiger partial charge in [-0.05, 0) is 55.7 Å². The van der Waals surface area contributed by atoms with E-state index in [2.05, 4.69) is 5.32 Å². The first-order valence-electron chi connectivity index (χ1n) is 8.86. The van der Waals surface area contributed by atoms with Gasteiger partial charge in [-0.2, -0.15) is 13.2 Å². The summed E-state index contributed by atoms with van der Waals surface area (Å²) in [4.78, 5) is 0.927. The predicted molar refractivity (Wildman–Crippen MR) is 103 cm³/mol. The van der Waals surface area contributed by atoms with Crippen LogP contribution in [0.1, 0.15) is 24.0 Å². The largest absolute Gasteiger partial charge is 0.417 e. The minimum atomic E-state index is -4.80. The molecule has 0 unspecified atom stereocenters. The quantitative estimate of drug-likeness (QED) is 0.801. The molecular weight excluding hydrogens is 391 g/mol. The summed E-state index contributed by atoms with van der Waals surface area (Å²) < 4.78 is 62.9. The molecular formula is C19H22F3N3O2S. The first-order valence-corrected chi connectivity index (χ1v) is 10.4. The van der Waals surface area contributed by atoms with Crippen molar-refractivity contribution in [1.82, 2.24) is 0 Å². The molecule has 5 nitrogen and oxygen atoms in total. The smallest absolute Gasteiger partial charge is 0.382 e. The lowest BCUT2D eigenvalue weighted by Gasteiger charge is -2.35. The highest BCUT2D eigenvalue weighted by Crippen LogP contribution is 2.36. The summed E-state index contributed by atoms with van der Waals surface area (Å²) in [7, 11) is -4.46. The van der Waals surface area contributed by atoms with Gasteiger partial charge >= 0.3 is 6.18 Å². The minimum Gasteiger partial charge on any atom is -0.382 e. The topological polar surface area (TPSA) is 75.4 Å². The summed E-state index contributed by atoms with van der Waals surface area (Å²) >= 11 is 0. The molecule has 0 saturated carbocycles. The summed E-state index contributed by atoms with van der Waals surface area (Å²) in [5, 5.41) is 8.39. The number of nitrogens with two attached hydrogens (primary N) is 1. The summed E-state index contributed by atoms with van der Waals surface area (Å²) in [6.45, 7) is 3.14. The summed E-state index contributed by atoms with van der Waals surface area (Å²) in [5.74, 6) is 0. The van der Waals surface area contributed by atoms with Gasteiger partial charge in [-0.25, -0.2) is 13.6 Å². The van der Waals surface area contributed by atoms with Crippen molar-refractivity contribution in [2.75, 3.05) is 23.3 Å². The number of benzene rings is 2. The van der Waals surface area contributed by atoms with E-state index < -0.39 is 26.7 Å². The van der Waals surface area contributed by atoms with Gasteiger partial charge in [0.15, 0.2) is 0 Å². The number of piperidine rings is 1. The molecule has 3 N–H and O–H groups in total. The molecule has 28 heavy (non-hydrogen) atoms. The number of nitrogens with zero attached hydrogens (tertiary/aromatic N) is 1. The van der Waals surface area contributed by atoms with Crippen molar-refractivity contribution in [3.8, 4) is 0 Å². The molecule has 0 amide bonds. The molecule has 152 valence electrons. The van der Waals surface area contributed by atoms with Crippen LogP contribution >= 0.6 is 0 Å². The Morgan fingerprint density at radius 1 is 1.11 bits per heavy atom. The summed E-state index contributed by atoms with van der Waals surface area (Å²) in [6.07, 6.45) is -3.29. The van der Waals surface area contributed by atoms with E-state index in [1.165, 1.54) is 6.07 Å². The number of sulfonamides is 1. The van der Waals surface area contributed by atoms with Gasteiger partial charge in [-0.15, -0.1) is 0 Å². The molecule has 0 atom stereocenters. The SMILES string of the molecule is Cc1cccc(NC2CCN(c3ccc(S(N)(=O)=O)c(C(F)(F)F)c3)CC2)c1. The number of primary sulfonamides is 1. The Morgan fingerprint density at radius 2 is 1.79 bits per heavy atom. The number of halogens is 3. The number of alkyl halides is 3. The first kappa shape index (κ1) is 20.5. The highest BCUT2D eigenvalue weighted by molar-refractivity contribution is 7.89. The average Bonchev–Trinajstić information content (AvgIpc) is 2.60. The van der Waals surface area contributed by atoms with Crippen molar-refractivity contribution < 1.29 is 21.6 Å². The summed E-state index contributed by atoms with van der Waals surface area (Å²) in [6, 6.07) is 11.4. The fourth-order valence-electron chi connectivity index (χ4n) is 3.44. The molecule has 0 radical (unpaired) electrons. The third-order valence-corrected chi connectivity index (χ3v) is 5.79. The van der Waals surface area contributed by atoms with Gasteiger partial charge in [0.2, 0.25) is 10.0 Å². The molecule has 2 aromatic rings. The van der Waals surface area contributed by atoms with Gasteiger partial charge in [0.05, 0.1) is 10.5 Å². The van der Waals surface area contributed by atoms with Gasteiger partial charge in [-0.3, -0.25) is 0 Å². The fourth-order valence-corrected chi connectivity index (χ4v) is 4.18. The predicted octanol–water partition coefficient (Wildman–Crippen LogP) is 3.74. The number of hydrogen-bond donors (Lipinski definition) is 2. The Kier molecular flexibility index (Phi) is 5.58. The van der Waals surface area contributed by atoms with E-state index in [1.807, 2.05) is 36.1 Å². The Labute approximate surface area is 162 Å². The minimum absolute atomic E-state index is 0.226. The molecule has 0 aromatic heterocycles. The van der Waals surface area contributed by atoms with Crippen molar-refractivity contribution in [1.29, 1.82) is 0 Å². The molecule has 1 saturated heterocycles. The van der Waals surface area contributed by atoms with Crippen LogP contribution in [0.5, 0.6) is 0 Å². The molecule has 1 aliphatic rings. The lowest BCUT2D eigenvalue weighted by molar-refractivity contribution is -0.139. The van der Waals surface area contributed by atoms with Crippen LogP contribution in [-0.2, 0) is 16.2 Å². The van der Waals surface area contributed by atoms with Crippen LogP contribution in [0.2, 0.25) is 0 Å². The van der Waals surface area contributed by atoms with Crippen molar-refractivity contribution >= 4 is 21.4 Å². The lowest BCUT2D eigenvalue weighted by Crippen LogP contribution is -2.39. The van der Waals surface area contributed by atoms with Crippen molar-refractivity contribution in [3.05, 3.63) is 53.6 Å². The molecule has 1 fully saturated rings. The van der Waals surface area contributed by atoms with Crippen LogP contribution < -0.4 is 15.4 Å². The zero-order valence-electron chi connectivity index (χ0n) is 15.3. The fraction of sp³-hybridized carbons (Fsp3) is 0.368. The van der Waals surface area contributed by atoms with Gasteiger partial charge in [0.1, 0.15) is 0 Å². The number of hydrogen-bond acceptors (Lipinski definition) is 4. The molecule has 2 aromatic carbocycles. The molecule has 1 heterocycles. The zero-order valence-corrected chi connectivity index (χ0v) is 16.1. The van der Waals surface area contributed by atoms with Crippen molar-refractivity contribution in [2.45, 2.75) is 36.9 Å². The van der Waals surface area contributed by atoms with E-state index in [0.717, 1.165) is 36.2 Å². The number of nitrogens with one attached hydrogen (secondary N) is 1. The maximum absolute atomic E-state index is 13.3. The van der Waals surface area contributed by atoms with Crippen LogP contribution in [-0.4, -0.2) is 27.5 Å². The highest BCUT2D eigenvalue weighted by Gasteiger charge is 2.37. The normalized spacial score (nSPS) is 16.2. The Hall–Kier alpha value is -2.26. The monoisotopic (exact) mass is 413 g/mol. The molecule has 3 rings (SSSR count). The average molecular weight is 413 g/mol. The number of aryl methyl sites for hydroxylation is 1. The Morgan fingerprint density at radius 3 is 2.36 bits per heavy atom. The van der Waals surface area contributed by atoms with E-state index in [4.69, 9.17) is 5.14 Å². The lowest BCUT2D eigenvalue weighted by atomic mass is 10.0. The molecule has 9 heteroatoms. The molecule has 0 aliphatic carbocycles. The molecule has 0 spiro atoms. The Balaban J connectivity index is 1.73. The number of anilines is 2. The first-order chi connectivity index (χ1) is 13.0. The van der Waals surface area contributed by atoms with Gasteiger partial charge in [0, 0.05) is 30.5 Å². The van der Waals surface area contributed by atoms with Crippen LogP contribution in [0.15, 0.2) is 47.4 Å². The number of rotatable bonds is 4. The zero-order chi connectivity index (χ0) is 20.5. The van der Waals surface area contributed by atoms with Crippen molar-refractivity contribution in [2.24, 2.45) is 5.14 Å². The van der Waals surface area contributed by atoms with Gasteiger partial charge in [-0.1, -0.05) is 12.1 Å². The van der Waals surface area contributed by atoms with E-state index in [1.54, 1.807) is 0 Å². The summed E-state index contributed by atoms with van der Waals surface area (Å²) in [5.41, 5.74) is 1.29. The molecule has 1 aliphatic heterocycles. The van der Waals surface area contributed by atoms with E-state index in [0.29, 0.717) is 18.8 Å². The third kappa shape index (κ3) is 4.77. The third-order valence-electron chi connectivity index (χ3n) is 4.82. The van der Waals surface area contributed by atoms with Crippen LogP contribution in [0.25, 0.3) is 0 Å². The Bertz CT molecular complexity index is 953. The van der Waals surface area contributed by atoms with E-state index in [-0.39, 0.29) is 6.04 Å². The van der Waals surface area contributed by atoms with Crippen LogP contribution in [0, 0.1) is 6.92 Å². The van der Waals surface area contributed by atoms with E-state index >= 15 is 0 Å². The standard InChI is InChI=1S/C19H22F3N3O2S/c1-13-3-2-4-15(11-13)24-14-7-9-25(10-8-14)16-5-6-18(28(23,26)27)17(12-16)19(20,21)22/h2-6,11-12,14,24H,7-10H2,1H3,(H2,23,26,27).